The average molecular weight is 556 g/mol. The lowest BCUT2D eigenvalue weighted by atomic mass is 9.85. The number of anilines is 2. The minimum atomic E-state index is -4.64. The number of urea groups is 1. The Bertz CT molecular complexity index is 1350. The number of benzene rings is 1. The Labute approximate surface area is 223 Å². The van der Waals surface area contributed by atoms with Crippen molar-refractivity contribution < 1.29 is 27.8 Å². The highest BCUT2D eigenvalue weighted by Gasteiger charge is 2.35. The summed E-state index contributed by atoms with van der Waals surface area (Å²) in [5.74, 6) is 0.551. The fourth-order valence-electron chi connectivity index (χ4n) is 3.55. The van der Waals surface area contributed by atoms with E-state index in [9.17, 15) is 27.9 Å². The van der Waals surface area contributed by atoms with Gasteiger partial charge in [0.1, 0.15) is 5.75 Å². The third-order valence-electron chi connectivity index (χ3n) is 5.42. The zero-order valence-corrected chi connectivity index (χ0v) is 22.0. The minimum absolute atomic E-state index is 0. The first-order valence-electron chi connectivity index (χ1n) is 11.4. The third kappa shape index (κ3) is 7.68. The van der Waals surface area contributed by atoms with E-state index < -0.39 is 23.2 Å². The number of carbonyl (C=O) groups excluding carboxylic acids is 1. The number of ether oxygens (including phenoxy) is 1. The maximum atomic E-state index is 13.7. The Morgan fingerprint density at radius 1 is 1.18 bits per heavy atom. The van der Waals surface area contributed by atoms with Gasteiger partial charge in [0.15, 0.2) is 5.82 Å². The summed E-state index contributed by atoms with van der Waals surface area (Å²) in [4.78, 5) is 35.2. The number of aromatic nitrogens is 3. The molecule has 2 aromatic heterocycles. The summed E-state index contributed by atoms with van der Waals surface area (Å²) in [6.45, 7) is 6.76. The standard InChI is InChI=1S/C25H28F3N5O4.ClH/c1-5-37-20-9-21(35)29-11-17(20)22-30-12-19(14(2)31-22)33-23(36)32-16-7-6-15(10-24(3,4)13-34)18(8-16)25(26,27)28;/h6-9,11-12,34H,5,10,13H2,1-4H3,(H,29,35)(H2,32,33,36);1H. The normalized spacial score (nSPS) is 11.5. The van der Waals surface area contributed by atoms with E-state index in [1.165, 1.54) is 30.6 Å². The highest BCUT2D eigenvalue weighted by atomic mass is 35.5. The summed E-state index contributed by atoms with van der Waals surface area (Å²) < 4.78 is 46.5. The van der Waals surface area contributed by atoms with Crippen LogP contribution in [0.25, 0.3) is 11.4 Å². The molecule has 3 rings (SSSR count). The van der Waals surface area contributed by atoms with Crippen molar-refractivity contribution in [3.05, 3.63) is 63.8 Å². The molecular weight excluding hydrogens is 527 g/mol. The Morgan fingerprint density at radius 3 is 2.50 bits per heavy atom. The molecule has 0 aliphatic rings. The Hall–Kier alpha value is -3.64. The van der Waals surface area contributed by atoms with Crippen LogP contribution in [0.4, 0.5) is 29.3 Å². The number of nitrogens with one attached hydrogen (secondary N) is 3. The van der Waals surface area contributed by atoms with Gasteiger partial charge in [-0.15, -0.1) is 12.4 Å². The molecule has 0 saturated heterocycles. The van der Waals surface area contributed by atoms with Crippen molar-refractivity contribution in [2.24, 2.45) is 5.41 Å². The van der Waals surface area contributed by atoms with E-state index in [1.807, 2.05) is 0 Å². The monoisotopic (exact) mass is 555 g/mol. The molecule has 0 aliphatic carbocycles. The molecule has 0 unspecified atom stereocenters. The van der Waals surface area contributed by atoms with Crippen LogP contribution in [0.1, 0.15) is 37.6 Å². The van der Waals surface area contributed by atoms with Gasteiger partial charge in [0.25, 0.3) is 5.56 Å². The SMILES string of the molecule is CCOc1cc(=O)[nH]cc1-c1ncc(NC(=O)Nc2ccc(CC(C)(C)CO)c(C(F)(F)F)c2)c(C)n1.Cl. The van der Waals surface area contributed by atoms with Crippen LogP contribution in [0.5, 0.6) is 5.75 Å². The Morgan fingerprint density at radius 2 is 1.89 bits per heavy atom. The highest BCUT2D eigenvalue weighted by molar-refractivity contribution is 6.00. The molecule has 13 heteroatoms. The fraction of sp³-hybridized carbons (Fsp3) is 0.360. The molecule has 0 radical (unpaired) electrons. The predicted octanol–water partition coefficient (Wildman–Crippen LogP) is 5.18. The van der Waals surface area contributed by atoms with Crippen LogP contribution in [-0.2, 0) is 12.6 Å². The largest absolute Gasteiger partial charge is 0.493 e. The molecule has 0 spiro atoms. The van der Waals surface area contributed by atoms with Crippen molar-refractivity contribution in [3.63, 3.8) is 0 Å². The van der Waals surface area contributed by atoms with Crippen molar-refractivity contribution >= 4 is 29.8 Å². The number of rotatable bonds is 8. The lowest BCUT2D eigenvalue weighted by molar-refractivity contribution is -0.138. The van der Waals surface area contributed by atoms with E-state index in [4.69, 9.17) is 4.74 Å². The molecular formula is C25H29ClF3N5O4. The van der Waals surface area contributed by atoms with Crippen molar-refractivity contribution in [1.29, 1.82) is 0 Å². The number of carbonyl (C=O) groups is 1. The summed E-state index contributed by atoms with van der Waals surface area (Å²) in [6.07, 6.45) is -1.86. The second kappa shape index (κ2) is 12.3. The van der Waals surface area contributed by atoms with Crippen LogP contribution < -0.4 is 20.9 Å². The molecule has 1 aromatic carbocycles. The number of aromatic amines is 1. The van der Waals surface area contributed by atoms with Gasteiger partial charge in [-0.1, -0.05) is 19.9 Å². The van der Waals surface area contributed by atoms with Crippen LogP contribution in [0.3, 0.4) is 0 Å². The zero-order valence-electron chi connectivity index (χ0n) is 21.2. The molecule has 206 valence electrons. The number of halogens is 4. The topological polar surface area (TPSA) is 129 Å². The number of hydrogen-bond donors (Lipinski definition) is 4. The smallest absolute Gasteiger partial charge is 0.416 e. The van der Waals surface area contributed by atoms with Gasteiger partial charge < -0.3 is 25.5 Å². The van der Waals surface area contributed by atoms with Crippen LogP contribution in [0.2, 0.25) is 0 Å². The maximum Gasteiger partial charge on any atom is 0.416 e. The van der Waals surface area contributed by atoms with Gasteiger partial charge in [-0.3, -0.25) is 4.79 Å². The Balaban J connectivity index is 0.00000507. The minimum Gasteiger partial charge on any atom is -0.493 e. The van der Waals surface area contributed by atoms with Gasteiger partial charge in [0.2, 0.25) is 0 Å². The molecule has 0 aliphatic heterocycles. The second-order valence-corrected chi connectivity index (χ2v) is 9.15. The average Bonchev–Trinajstić information content (AvgIpc) is 2.81. The number of alkyl halides is 3. The first kappa shape index (κ1) is 30.6. The molecule has 0 atom stereocenters. The van der Waals surface area contributed by atoms with Gasteiger partial charge in [-0.2, -0.15) is 13.2 Å². The molecule has 0 saturated carbocycles. The van der Waals surface area contributed by atoms with E-state index in [2.05, 4.69) is 25.6 Å². The Kier molecular flexibility index (Phi) is 9.87. The van der Waals surface area contributed by atoms with Crippen LogP contribution in [0, 0.1) is 12.3 Å². The number of hydrogen-bond acceptors (Lipinski definition) is 6. The third-order valence-corrected chi connectivity index (χ3v) is 5.42. The first-order valence-corrected chi connectivity index (χ1v) is 11.4. The van der Waals surface area contributed by atoms with E-state index in [-0.39, 0.29) is 53.8 Å². The second-order valence-electron chi connectivity index (χ2n) is 9.15. The van der Waals surface area contributed by atoms with Crippen molar-refractivity contribution in [2.45, 2.75) is 40.3 Å². The number of aliphatic hydroxyl groups is 1. The van der Waals surface area contributed by atoms with Gasteiger partial charge in [0, 0.05) is 24.6 Å². The van der Waals surface area contributed by atoms with Crippen molar-refractivity contribution in [2.75, 3.05) is 23.8 Å². The summed E-state index contributed by atoms with van der Waals surface area (Å²) in [5, 5.41) is 14.4. The molecule has 2 amide bonds. The number of pyridine rings is 1. The lowest BCUT2D eigenvalue weighted by Gasteiger charge is -2.24. The van der Waals surface area contributed by atoms with Gasteiger partial charge >= 0.3 is 12.2 Å². The van der Waals surface area contributed by atoms with E-state index in [0.29, 0.717) is 23.6 Å². The summed E-state index contributed by atoms with van der Waals surface area (Å²) in [6, 6.07) is 4.02. The molecule has 0 fully saturated rings. The van der Waals surface area contributed by atoms with E-state index in [1.54, 1.807) is 27.7 Å². The van der Waals surface area contributed by atoms with E-state index >= 15 is 0 Å². The van der Waals surface area contributed by atoms with Crippen LogP contribution in [-0.4, -0.2) is 39.3 Å². The predicted molar refractivity (Wildman–Crippen MR) is 140 cm³/mol. The summed E-state index contributed by atoms with van der Waals surface area (Å²) in [7, 11) is 0. The van der Waals surface area contributed by atoms with Crippen LogP contribution >= 0.6 is 12.4 Å². The molecule has 0 bridgehead atoms. The van der Waals surface area contributed by atoms with Crippen molar-refractivity contribution in [1.82, 2.24) is 15.0 Å². The van der Waals surface area contributed by atoms with Crippen molar-refractivity contribution in [3.8, 4) is 17.1 Å². The number of aryl methyl sites for hydroxylation is 1. The molecule has 3 aromatic rings. The number of H-pyrrole nitrogens is 1. The zero-order chi connectivity index (χ0) is 27.4. The maximum absolute atomic E-state index is 13.7. The van der Waals surface area contributed by atoms with Gasteiger partial charge in [-0.25, -0.2) is 14.8 Å². The lowest BCUT2D eigenvalue weighted by Crippen LogP contribution is -2.23. The molecule has 2 heterocycles. The molecule has 4 N–H and O–H groups in total. The summed E-state index contributed by atoms with van der Waals surface area (Å²) >= 11 is 0. The van der Waals surface area contributed by atoms with Gasteiger partial charge in [0.05, 0.1) is 35.3 Å². The number of nitrogens with zero attached hydrogens (tertiary/aromatic N) is 2. The summed E-state index contributed by atoms with van der Waals surface area (Å²) in [5.41, 5.74) is -0.947. The van der Waals surface area contributed by atoms with Crippen LogP contribution in [0.15, 0.2) is 41.5 Å². The highest BCUT2D eigenvalue weighted by Crippen LogP contribution is 2.36. The molecule has 38 heavy (non-hydrogen) atoms. The van der Waals surface area contributed by atoms with E-state index in [0.717, 1.165) is 6.07 Å². The number of amides is 2. The quantitative estimate of drug-likeness (QED) is 0.303. The van der Waals surface area contributed by atoms with Gasteiger partial charge in [-0.05, 0) is 43.4 Å². The molecule has 9 nitrogen and oxygen atoms in total. The fourth-order valence-corrected chi connectivity index (χ4v) is 3.55. The first-order chi connectivity index (χ1) is 17.3. The number of aliphatic hydroxyl groups excluding tert-OH is 1.